The lowest BCUT2D eigenvalue weighted by Crippen LogP contribution is -2.47. The van der Waals surface area contributed by atoms with Gasteiger partial charge >= 0.3 is 0 Å². The second-order valence-electron chi connectivity index (χ2n) is 6.19. The molecule has 0 radical (unpaired) electrons. The molecule has 0 saturated heterocycles. The van der Waals surface area contributed by atoms with Crippen LogP contribution in [-0.4, -0.2) is 43.5 Å². The van der Waals surface area contributed by atoms with Gasteiger partial charge < -0.3 is 16.0 Å². The van der Waals surface area contributed by atoms with E-state index in [0.29, 0.717) is 5.92 Å². The quantitative estimate of drug-likeness (QED) is 0.776. The Balaban J connectivity index is 2.38. The Labute approximate surface area is 111 Å². The number of carbonyl (C=O) groups is 1. The van der Waals surface area contributed by atoms with Crippen LogP contribution in [0.15, 0.2) is 0 Å². The van der Waals surface area contributed by atoms with E-state index in [9.17, 15) is 4.79 Å². The van der Waals surface area contributed by atoms with Crippen LogP contribution in [0.3, 0.4) is 0 Å². The Morgan fingerprint density at radius 1 is 1.44 bits per heavy atom. The van der Waals surface area contributed by atoms with E-state index in [-0.39, 0.29) is 23.9 Å². The van der Waals surface area contributed by atoms with Gasteiger partial charge in [-0.2, -0.15) is 0 Å². The molecular weight excluding hydrogens is 226 g/mol. The highest BCUT2D eigenvalue weighted by Gasteiger charge is 2.31. The molecule has 4 heteroatoms. The average molecular weight is 255 g/mol. The first-order chi connectivity index (χ1) is 8.40. The third-order valence-electron chi connectivity index (χ3n) is 3.90. The lowest BCUT2D eigenvalue weighted by Gasteiger charge is -2.32. The van der Waals surface area contributed by atoms with Gasteiger partial charge in [-0.3, -0.25) is 4.79 Å². The predicted octanol–water partition coefficient (Wildman–Crippen LogP) is 1.21. The number of nitrogens with one attached hydrogen (secondary N) is 1. The standard InChI is InChI=1S/C14H29N3O/c1-10-5-6-13(15)12(9-10)14(18)16-11(2)7-8-17(3)4/h10-13H,5-9,15H2,1-4H3,(H,16,18). The minimum atomic E-state index is 0.00977. The Bertz CT molecular complexity index is 268. The van der Waals surface area contributed by atoms with Gasteiger partial charge in [0.2, 0.25) is 5.91 Å². The summed E-state index contributed by atoms with van der Waals surface area (Å²) in [6.45, 7) is 5.27. The van der Waals surface area contributed by atoms with Gasteiger partial charge in [-0.15, -0.1) is 0 Å². The lowest BCUT2D eigenvalue weighted by atomic mass is 9.78. The highest BCUT2D eigenvalue weighted by Crippen LogP contribution is 2.28. The smallest absolute Gasteiger partial charge is 0.224 e. The summed E-state index contributed by atoms with van der Waals surface area (Å²) in [7, 11) is 4.10. The number of hydrogen-bond donors (Lipinski definition) is 2. The van der Waals surface area contributed by atoms with Gasteiger partial charge in [0, 0.05) is 12.1 Å². The van der Waals surface area contributed by atoms with Crippen molar-refractivity contribution in [2.75, 3.05) is 20.6 Å². The topological polar surface area (TPSA) is 58.4 Å². The van der Waals surface area contributed by atoms with E-state index >= 15 is 0 Å². The second kappa shape index (κ2) is 7.10. The summed E-state index contributed by atoms with van der Waals surface area (Å²) in [5.41, 5.74) is 6.07. The maximum Gasteiger partial charge on any atom is 0.224 e. The number of nitrogens with two attached hydrogens (primary N) is 1. The fourth-order valence-electron chi connectivity index (χ4n) is 2.58. The molecule has 1 aliphatic rings. The van der Waals surface area contributed by atoms with Gasteiger partial charge in [-0.05, 0) is 59.2 Å². The van der Waals surface area contributed by atoms with Crippen molar-refractivity contribution in [2.45, 2.75) is 51.6 Å². The van der Waals surface area contributed by atoms with E-state index in [0.717, 1.165) is 32.2 Å². The molecule has 3 N–H and O–H groups in total. The molecule has 4 nitrogen and oxygen atoms in total. The van der Waals surface area contributed by atoms with Gasteiger partial charge in [-0.25, -0.2) is 0 Å². The van der Waals surface area contributed by atoms with Crippen LogP contribution in [0.5, 0.6) is 0 Å². The van der Waals surface area contributed by atoms with E-state index < -0.39 is 0 Å². The van der Waals surface area contributed by atoms with Crippen LogP contribution < -0.4 is 11.1 Å². The molecule has 1 aliphatic carbocycles. The zero-order chi connectivity index (χ0) is 13.7. The SMILES string of the molecule is CC1CCC(N)C(C(=O)NC(C)CCN(C)C)C1. The van der Waals surface area contributed by atoms with E-state index in [4.69, 9.17) is 5.73 Å². The lowest BCUT2D eigenvalue weighted by molar-refractivity contribution is -0.127. The number of amides is 1. The molecule has 1 rings (SSSR count). The molecule has 4 unspecified atom stereocenters. The molecule has 0 aromatic rings. The Hall–Kier alpha value is -0.610. The molecule has 0 spiro atoms. The van der Waals surface area contributed by atoms with Gasteiger partial charge in [0.05, 0.1) is 5.92 Å². The van der Waals surface area contributed by atoms with Crippen LogP contribution in [0.2, 0.25) is 0 Å². The maximum absolute atomic E-state index is 12.2. The second-order valence-corrected chi connectivity index (χ2v) is 6.19. The number of carbonyl (C=O) groups excluding carboxylic acids is 1. The summed E-state index contributed by atoms with van der Waals surface area (Å²) < 4.78 is 0. The average Bonchev–Trinajstić information content (AvgIpc) is 2.29. The summed E-state index contributed by atoms with van der Waals surface area (Å²) >= 11 is 0. The molecule has 0 aromatic heterocycles. The first-order valence-corrected chi connectivity index (χ1v) is 7.10. The van der Waals surface area contributed by atoms with E-state index in [1.807, 2.05) is 14.1 Å². The first-order valence-electron chi connectivity index (χ1n) is 7.10. The van der Waals surface area contributed by atoms with Gasteiger partial charge in [0.15, 0.2) is 0 Å². The zero-order valence-electron chi connectivity index (χ0n) is 12.3. The van der Waals surface area contributed by atoms with Crippen molar-refractivity contribution in [3.63, 3.8) is 0 Å². The predicted molar refractivity (Wildman–Crippen MR) is 75.3 cm³/mol. The van der Waals surface area contributed by atoms with Gasteiger partial charge in [0.25, 0.3) is 0 Å². The van der Waals surface area contributed by atoms with Crippen molar-refractivity contribution < 1.29 is 4.79 Å². The van der Waals surface area contributed by atoms with Crippen LogP contribution in [0.1, 0.15) is 39.5 Å². The van der Waals surface area contributed by atoms with Crippen molar-refractivity contribution in [1.82, 2.24) is 10.2 Å². The highest BCUT2D eigenvalue weighted by molar-refractivity contribution is 5.79. The third-order valence-corrected chi connectivity index (χ3v) is 3.90. The van der Waals surface area contributed by atoms with Gasteiger partial charge in [-0.1, -0.05) is 6.92 Å². The van der Waals surface area contributed by atoms with Crippen molar-refractivity contribution in [3.05, 3.63) is 0 Å². The van der Waals surface area contributed by atoms with Crippen molar-refractivity contribution in [3.8, 4) is 0 Å². The minimum Gasteiger partial charge on any atom is -0.353 e. The molecule has 0 aliphatic heterocycles. The fraction of sp³-hybridized carbons (Fsp3) is 0.929. The summed E-state index contributed by atoms with van der Waals surface area (Å²) in [6.07, 6.45) is 4.05. The van der Waals surface area contributed by atoms with Gasteiger partial charge in [0.1, 0.15) is 0 Å². The molecule has 0 heterocycles. The Morgan fingerprint density at radius 2 is 2.11 bits per heavy atom. The molecule has 18 heavy (non-hydrogen) atoms. The normalized spacial score (nSPS) is 30.2. The molecular formula is C14H29N3O. The molecule has 1 fully saturated rings. The zero-order valence-corrected chi connectivity index (χ0v) is 12.3. The van der Waals surface area contributed by atoms with Crippen molar-refractivity contribution >= 4 is 5.91 Å². The van der Waals surface area contributed by atoms with Crippen molar-refractivity contribution in [1.29, 1.82) is 0 Å². The molecule has 106 valence electrons. The maximum atomic E-state index is 12.2. The van der Waals surface area contributed by atoms with Crippen LogP contribution in [-0.2, 0) is 4.79 Å². The van der Waals surface area contributed by atoms with E-state index in [2.05, 4.69) is 24.1 Å². The molecule has 0 bridgehead atoms. The summed E-state index contributed by atoms with van der Waals surface area (Å²) in [6, 6.07) is 0.270. The van der Waals surface area contributed by atoms with Crippen LogP contribution in [0.25, 0.3) is 0 Å². The largest absolute Gasteiger partial charge is 0.353 e. The molecule has 1 saturated carbocycles. The fourth-order valence-corrected chi connectivity index (χ4v) is 2.58. The third kappa shape index (κ3) is 4.94. The monoisotopic (exact) mass is 255 g/mol. The number of hydrogen-bond acceptors (Lipinski definition) is 3. The summed E-state index contributed by atoms with van der Waals surface area (Å²) in [5, 5.41) is 3.11. The molecule has 1 amide bonds. The molecule has 4 atom stereocenters. The minimum absolute atomic E-state index is 0.00977. The summed E-state index contributed by atoms with van der Waals surface area (Å²) in [5.74, 6) is 0.786. The summed E-state index contributed by atoms with van der Waals surface area (Å²) in [4.78, 5) is 14.3. The first kappa shape index (κ1) is 15.4. The van der Waals surface area contributed by atoms with Crippen LogP contribution in [0, 0.1) is 11.8 Å². The molecule has 0 aromatic carbocycles. The number of nitrogens with zero attached hydrogens (tertiary/aromatic N) is 1. The van der Waals surface area contributed by atoms with Crippen LogP contribution in [0.4, 0.5) is 0 Å². The highest BCUT2D eigenvalue weighted by atomic mass is 16.2. The number of rotatable bonds is 5. The van der Waals surface area contributed by atoms with Crippen LogP contribution >= 0.6 is 0 Å². The Morgan fingerprint density at radius 3 is 2.72 bits per heavy atom. The van der Waals surface area contributed by atoms with Crippen molar-refractivity contribution in [2.24, 2.45) is 17.6 Å². The van der Waals surface area contributed by atoms with E-state index in [1.54, 1.807) is 0 Å². The van der Waals surface area contributed by atoms with E-state index in [1.165, 1.54) is 0 Å². The Kier molecular flexibility index (Phi) is 6.09.